The number of hydrogen-bond donors (Lipinski definition) is 1. The predicted octanol–water partition coefficient (Wildman–Crippen LogP) is 4.22. The zero-order valence-corrected chi connectivity index (χ0v) is 20.1. The molecule has 0 aliphatic carbocycles. The summed E-state index contributed by atoms with van der Waals surface area (Å²) in [5.41, 5.74) is 0.886. The second-order valence-corrected chi connectivity index (χ2v) is 8.47. The first kappa shape index (κ1) is 25.3. The molecule has 2 rings (SSSR count). The van der Waals surface area contributed by atoms with Gasteiger partial charge < -0.3 is 18.9 Å². The average molecular weight is 444 g/mol. The minimum atomic E-state index is -0.916. The number of benzene rings is 2. The smallest absolute Gasteiger partial charge is 0.161 e. The number of quaternary nitrogens is 1. The van der Waals surface area contributed by atoms with Gasteiger partial charge in [0.05, 0.1) is 41.6 Å². The quantitative estimate of drug-likeness (QED) is 0.414. The molecule has 0 spiro atoms. The molecule has 0 radical (unpaired) electrons. The van der Waals surface area contributed by atoms with Gasteiger partial charge in [-0.3, -0.25) is 0 Å². The molecule has 0 heterocycles. The third-order valence-electron chi connectivity index (χ3n) is 6.00. The number of rotatable bonds is 11. The van der Waals surface area contributed by atoms with Gasteiger partial charge in [-0.1, -0.05) is 26.0 Å². The van der Waals surface area contributed by atoms with Crippen LogP contribution < -0.4 is 18.9 Å². The van der Waals surface area contributed by atoms with E-state index in [2.05, 4.69) is 6.07 Å². The van der Waals surface area contributed by atoms with Crippen LogP contribution in [0, 0.1) is 17.2 Å². The van der Waals surface area contributed by atoms with E-state index in [1.54, 1.807) is 41.6 Å². The van der Waals surface area contributed by atoms with Crippen LogP contribution in [0.25, 0.3) is 0 Å². The molecule has 0 saturated heterocycles. The molecule has 0 amide bonds. The highest BCUT2D eigenvalue weighted by atomic mass is 16.5. The molecule has 0 fully saturated rings. The fraction of sp³-hybridized carbons (Fsp3) is 0.480. The topological polar surface area (TPSA) is 80.9 Å². The van der Waals surface area contributed by atoms with E-state index in [1.807, 2.05) is 44.2 Å². The second-order valence-electron chi connectivity index (χ2n) is 8.47. The maximum Gasteiger partial charge on any atom is 0.161 e. The van der Waals surface area contributed by atoms with Gasteiger partial charge in [0, 0.05) is 6.42 Å². The highest BCUT2D eigenvalue weighted by Gasteiger charge is 2.44. The molecule has 2 atom stereocenters. The Hall–Kier alpha value is -2.95. The van der Waals surface area contributed by atoms with Crippen LogP contribution in [0.2, 0.25) is 0 Å². The van der Waals surface area contributed by atoms with E-state index < -0.39 is 5.41 Å². The molecule has 32 heavy (non-hydrogen) atoms. The molecule has 0 aliphatic rings. The summed E-state index contributed by atoms with van der Waals surface area (Å²) in [4.78, 5) is 0. The van der Waals surface area contributed by atoms with Gasteiger partial charge in [0.1, 0.15) is 18.5 Å². The molecular formula is C25H35N2O5+. The largest absolute Gasteiger partial charge is 0.493 e. The number of hydrogen-bond acceptors (Lipinski definition) is 6. The van der Waals surface area contributed by atoms with Crippen molar-refractivity contribution in [1.82, 2.24) is 0 Å². The first-order chi connectivity index (χ1) is 15.2. The van der Waals surface area contributed by atoms with Crippen LogP contribution in [0.4, 0.5) is 0 Å². The molecule has 7 nitrogen and oxygen atoms in total. The number of hydroxylamine groups is 3. The lowest BCUT2D eigenvalue weighted by Crippen LogP contribution is -2.53. The van der Waals surface area contributed by atoms with E-state index in [4.69, 9.17) is 18.9 Å². The van der Waals surface area contributed by atoms with Crippen LogP contribution in [-0.2, 0) is 11.8 Å². The monoisotopic (exact) mass is 443 g/mol. The maximum atomic E-state index is 11.3. The van der Waals surface area contributed by atoms with E-state index in [0.29, 0.717) is 36.0 Å². The SMILES string of the molecule is COc1ccc(CC[N+](C)(O)CC(C#N)(c2ccc(OC)c(OC)c2)C(C)C)cc1OC. The molecule has 174 valence electrons. The van der Waals surface area contributed by atoms with Crippen molar-refractivity contribution >= 4 is 0 Å². The summed E-state index contributed by atoms with van der Waals surface area (Å²) in [5, 5.41) is 21.6. The molecule has 1 N–H and O–H groups in total. The third-order valence-corrected chi connectivity index (χ3v) is 6.00. The molecule has 2 aromatic rings. The Labute approximate surface area is 191 Å². The fourth-order valence-corrected chi connectivity index (χ4v) is 3.97. The summed E-state index contributed by atoms with van der Waals surface area (Å²) in [6.45, 7) is 4.64. The number of likely N-dealkylation sites (N-methyl/N-ethyl adjacent to an activating group) is 1. The Morgan fingerprint density at radius 2 is 1.44 bits per heavy atom. The van der Waals surface area contributed by atoms with E-state index in [-0.39, 0.29) is 17.1 Å². The lowest BCUT2D eigenvalue weighted by molar-refractivity contribution is -1.09. The van der Waals surface area contributed by atoms with E-state index >= 15 is 0 Å². The van der Waals surface area contributed by atoms with Crippen molar-refractivity contribution < 1.29 is 28.8 Å². The van der Waals surface area contributed by atoms with Crippen molar-refractivity contribution in [3.8, 4) is 29.1 Å². The van der Waals surface area contributed by atoms with Gasteiger partial charge in [-0.2, -0.15) is 9.91 Å². The van der Waals surface area contributed by atoms with E-state index in [1.165, 1.54) is 0 Å². The van der Waals surface area contributed by atoms with E-state index in [0.717, 1.165) is 11.1 Å². The van der Waals surface area contributed by atoms with Crippen molar-refractivity contribution in [2.75, 3.05) is 48.6 Å². The van der Waals surface area contributed by atoms with Crippen molar-refractivity contribution in [1.29, 1.82) is 5.26 Å². The highest BCUT2D eigenvalue weighted by Crippen LogP contribution is 2.39. The van der Waals surface area contributed by atoms with E-state index in [9.17, 15) is 10.5 Å². The van der Waals surface area contributed by atoms with Gasteiger partial charge >= 0.3 is 0 Å². The average Bonchev–Trinajstić information content (AvgIpc) is 2.80. The van der Waals surface area contributed by atoms with Gasteiger partial charge in [-0.15, -0.1) is 0 Å². The summed E-state index contributed by atoms with van der Waals surface area (Å²) in [7, 11) is 8.07. The Morgan fingerprint density at radius 1 is 0.906 bits per heavy atom. The highest BCUT2D eigenvalue weighted by molar-refractivity contribution is 5.47. The Balaban J connectivity index is 2.31. The molecule has 0 saturated carbocycles. The second kappa shape index (κ2) is 10.6. The number of methoxy groups -OCH3 is 4. The van der Waals surface area contributed by atoms with Crippen molar-refractivity contribution in [2.24, 2.45) is 5.92 Å². The Bertz CT molecular complexity index is 952. The molecule has 0 aromatic heterocycles. The molecule has 7 heteroatoms. The van der Waals surface area contributed by atoms with Crippen LogP contribution in [0.5, 0.6) is 23.0 Å². The maximum absolute atomic E-state index is 11.3. The van der Waals surface area contributed by atoms with Gasteiger partial charge in [0.2, 0.25) is 0 Å². The lowest BCUT2D eigenvalue weighted by Gasteiger charge is -2.37. The van der Waals surface area contributed by atoms with Gasteiger partial charge in [0.25, 0.3) is 0 Å². The Morgan fingerprint density at radius 3 is 1.94 bits per heavy atom. The normalized spacial score (nSPS) is 14.8. The van der Waals surface area contributed by atoms with Crippen molar-refractivity contribution in [2.45, 2.75) is 25.7 Å². The zero-order valence-electron chi connectivity index (χ0n) is 20.1. The van der Waals surface area contributed by atoms with Crippen LogP contribution >= 0.6 is 0 Å². The number of nitrogens with zero attached hydrogens (tertiary/aromatic N) is 2. The fourth-order valence-electron chi connectivity index (χ4n) is 3.97. The first-order valence-corrected chi connectivity index (χ1v) is 10.6. The molecule has 0 aliphatic heterocycles. The minimum absolute atomic E-state index is 0.0451. The van der Waals surface area contributed by atoms with Gasteiger partial charge in [-0.05, 0) is 41.3 Å². The van der Waals surface area contributed by atoms with Crippen LogP contribution in [0.1, 0.15) is 25.0 Å². The number of nitriles is 1. The molecular weight excluding hydrogens is 408 g/mol. The predicted molar refractivity (Wildman–Crippen MR) is 123 cm³/mol. The minimum Gasteiger partial charge on any atom is -0.493 e. The molecule has 2 unspecified atom stereocenters. The Kier molecular flexibility index (Phi) is 8.37. The van der Waals surface area contributed by atoms with Crippen LogP contribution in [0.3, 0.4) is 0 Å². The summed E-state index contributed by atoms with van der Waals surface area (Å²) < 4.78 is 21.2. The standard InChI is InChI=1S/C25H35N2O5/c1-18(2)25(16-26,20-9-11-22(30-5)24(15-20)32-7)17-27(3,28)13-12-19-8-10-21(29-4)23(14-19)31-6/h8-11,14-15,18,28H,12-13,17H2,1-7H3/q+1. The third kappa shape index (κ3) is 5.45. The summed E-state index contributed by atoms with van der Waals surface area (Å²) in [6.07, 6.45) is 0.610. The summed E-state index contributed by atoms with van der Waals surface area (Å²) >= 11 is 0. The summed E-state index contributed by atoms with van der Waals surface area (Å²) in [6, 6.07) is 13.7. The van der Waals surface area contributed by atoms with Crippen molar-refractivity contribution in [3.05, 3.63) is 47.5 Å². The summed E-state index contributed by atoms with van der Waals surface area (Å²) in [5.74, 6) is 2.42. The zero-order chi connectivity index (χ0) is 23.9. The van der Waals surface area contributed by atoms with Gasteiger partial charge in [-0.25, -0.2) is 5.21 Å². The molecule has 0 bridgehead atoms. The van der Waals surface area contributed by atoms with Crippen LogP contribution in [0.15, 0.2) is 36.4 Å². The molecule has 2 aromatic carbocycles. The van der Waals surface area contributed by atoms with Gasteiger partial charge in [0.15, 0.2) is 23.0 Å². The first-order valence-electron chi connectivity index (χ1n) is 10.6. The van der Waals surface area contributed by atoms with Crippen molar-refractivity contribution in [3.63, 3.8) is 0 Å². The lowest BCUT2D eigenvalue weighted by atomic mass is 9.72. The number of ether oxygens (including phenoxy) is 4. The van der Waals surface area contributed by atoms with Crippen LogP contribution in [-0.4, -0.2) is 58.4 Å².